The molecule has 84 valence electrons. The first-order valence-electron chi connectivity index (χ1n) is 5.83. The minimum Gasteiger partial charge on any atom is -0.343 e. The van der Waals surface area contributed by atoms with Crippen molar-refractivity contribution in [3.63, 3.8) is 0 Å². The summed E-state index contributed by atoms with van der Waals surface area (Å²) in [4.78, 5) is 4.00. The largest absolute Gasteiger partial charge is 0.343 e. The molecule has 0 bridgehead atoms. The van der Waals surface area contributed by atoms with Crippen molar-refractivity contribution < 1.29 is 4.52 Å². The summed E-state index contributed by atoms with van der Waals surface area (Å²) in [6.45, 7) is 3.30. The van der Waals surface area contributed by atoms with Crippen molar-refractivity contribution in [1.29, 1.82) is 0 Å². The van der Waals surface area contributed by atoms with Gasteiger partial charge in [-0.15, -0.1) is 0 Å². The Bertz CT molecular complexity index is 273. The monoisotopic (exact) mass is 209 g/mol. The molecule has 2 unspecified atom stereocenters. The first-order valence-corrected chi connectivity index (χ1v) is 5.83. The third kappa shape index (κ3) is 3.30. The lowest BCUT2D eigenvalue weighted by molar-refractivity contribution is 0.302. The van der Waals surface area contributed by atoms with Gasteiger partial charge in [-0.1, -0.05) is 24.9 Å². The maximum absolute atomic E-state index is 4.69. The molecule has 0 radical (unpaired) electrons. The van der Waals surface area contributed by atoms with Crippen LogP contribution in [-0.2, 0) is 6.42 Å². The predicted octanol–water partition coefficient (Wildman–Crippen LogP) is 1.78. The Morgan fingerprint density at radius 3 is 3.20 bits per heavy atom. The number of aromatic nitrogens is 2. The third-order valence-electron chi connectivity index (χ3n) is 3.12. The number of nitrogens with one attached hydrogen (secondary N) is 1. The SMILES string of the molecule is CC1CCCC(NCCc2ncon2)C1. The van der Waals surface area contributed by atoms with E-state index in [1.807, 2.05) is 0 Å². The van der Waals surface area contributed by atoms with E-state index in [9.17, 15) is 0 Å². The topological polar surface area (TPSA) is 51.0 Å². The standard InChI is InChI=1S/C11H19N3O/c1-9-3-2-4-10(7-9)12-6-5-11-13-8-15-14-11/h8-10,12H,2-7H2,1H3. The fourth-order valence-electron chi connectivity index (χ4n) is 2.31. The summed E-state index contributed by atoms with van der Waals surface area (Å²) in [6.07, 6.45) is 7.63. The van der Waals surface area contributed by atoms with Gasteiger partial charge < -0.3 is 9.84 Å². The summed E-state index contributed by atoms with van der Waals surface area (Å²) in [5.74, 6) is 1.67. The molecule has 0 aromatic carbocycles. The lowest BCUT2D eigenvalue weighted by atomic mass is 9.87. The molecule has 1 heterocycles. The van der Waals surface area contributed by atoms with Gasteiger partial charge in [-0.05, 0) is 18.8 Å². The van der Waals surface area contributed by atoms with Crippen LogP contribution in [0.2, 0.25) is 0 Å². The van der Waals surface area contributed by atoms with Crippen LogP contribution in [-0.4, -0.2) is 22.7 Å². The van der Waals surface area contributed by atoms with Gasteiger partial charge in [0.2, 0.25) is 6.39 Å². The maximum Gasteiger partial charge on any atom is 0.213 e. The molecule has 1 aliphatic carbocycles. The average molecular weight is 209 g/mol. The molecule has 2 rings (SSSR count). The van der Waals surface area contributed by atoms with Crippen LogP contribution in [0, 0.1) is 5.92 Å². The second-order valence-corrected chi connectivity index (χ2v) is 4.52. The van der Waals surface area contributed by atoms with Crippen LogP contribution in [0.5, 0.6) is 0 Å². The molecule has 1 aromatic heterocycles. The molecule has 15 heavy (non-hydrogen) atoms. The van der Waals surface area contributed by atoms with Gasteiger partial charge in [0, 0.05) is 19.0 Å². The van der Waals surface area contributed by atoms with Crippen LogP contribution >= 0.6 is 0 Å². The van der Waals surface area contributed by atoms with Crippen LogP contribution in [0.25, 0.3) is 0 Å². The van der Waals surface area contributed by atoms with Crippen molar-refractivity contribution in [2.24, 2.45) is 5.92 Å². The van der Waals surface area contributed by atoms with Gasteiger partial charge in [0.15, 0.2) is 5.82 Å². The van der Waals surface area contributed by atoms with Gasteiger partial charge in [-0.3, -0.25) is 0 Å². The smallest absolute Gasteiger partial charge is 0.213 e. The number of hydrogen-bond acceptors (Lipinski definition) is 4. The van der Waals surface area contributed by atoms with Gasteiger partial charge >= 0.3 is 0 Å². The third-order valence-corrected chi connectivity index (χ3v) is 3.12. The van der Waals surface area contributed by atoms with Crippen LogP contribution < -0.4 is 5.32 Å². The molecule has 1 saturated carbocycles. The van der Waals surface area contributed by atoms with E-state index in [0.717, 1.165) is 24.7 Å². The zero-order valence-electron chi connectivity index (χ0n) is 9.28. The van der Waals surface area contributed by atoms with E-state index in [4.69, 9.17) is 0 Å². The molecule has 0 saturated heterocycles. The van der Waals surface area contributed by atoms with E-state index < -0.39 is 0 Å². The Balaban J connectivity index is 1.65. The Morgan fingerprint density at radius 2 is 2.47 bits per heavy atom. The Labute approximate surface area is 90.4 Å². The van der Waals surface area contributed by atoms with Crippen LogP contribution in [0.3, 0.4) is 0 Å². The minimum absolute atomic E-state index is 0.695. The summed E-state index contributed by atoms with van der Waals surface area (Å²) in [7, 11) is 0. The van der Waals surface area contributed by atoms with Crippen molar-refractivity contribution in [1.82, 2.24) is 15.5 Å². The first-order chi connectivity index (χ1) is 7.34. The quantitative estimate of drug-likeness (QED) is 0.821. The molecule has 4 nitrogen and oxygen atoms in total. The lowest BCUT2D eigenvalue weighted by Crippen LogP contribution is -2.34. The van der Waals surface area contributed by atoms with E-state index in [2.05, 4.69) is 26.9 Å². The summed E-state index contributed by atoms with van der Waals surface area (Å²) in [5, 5.41) is 7.36. The molecule has 1 aliphatic rings. The second-order valence-electron chi connectivity index (χ2n) is 4.52. The molecule has 0 amide bonds. The zero-order chi connectivity index (χ0) is 10.5. The molecule has 1 fully saturated rings. The first kappa shape index (κ1) is 10.6. The van der Waals surface area contributed by atoms with Crippen molar-refractivity contribution in [3.8, 4) is 0 Å². The minimum atomic E-state index is 0.695. The summed E-state index contributed by atoms with van der Waals surface area (Å²) >= 11 is 0. The molecule has 0 aliphatic heterocycles. The van der Waals surface area contributed by atoms with Crippen molar-refractivity contribution in [2.75, 3.05) is 6.54 Å². The van der Waals surface area contributed by atoms with E-state index in [1.165, 1.54) is 32.1 Å². The van der Waals surface area contributed by atoms with Crippen LogP contribution in [0.4, 0.5) is 0 Å². The lowest BCUT2D eigenvalue weighted by Gasteiger charge is -2.27. The second kappa shape index (κ2) is 5.26. The van der Waals surface area contributed by atoms with Crippen molar-refractivity contribution >= 4 is 0 Å². The zero-order valence-corrected chi connectivity index (χ0v) is 9.28. The highest BCUT2D eigenvalue weighted by atomic mass is 16.5. The fraction of sp³-hybridized carbons (Fsp3) is 0.818. The number of nitrogens with zero attached hydrogens (tertiary/aromatic N) is 2. The molecular weight excluding hydrogens is 190 g/mol. The Kier molecular flexibility index (Phi) is 3.72. The molecule has 0 spiro atoms. The average Bonchev–Trinajstić information content (AvgIpc) is 2.71. The van der Waals surface area contributed by atoms with Crippen LogP contribution in [0.15, 0.2) is 10.9 Å². The molecule has 2 atom stereocenters. The van der Waals surface area contributed by atoms with Gasteiger partial charge in [0.25, 0.3) is 0 Å². The van der Waals surface area contributed by atoms with E-state index >= 15 is 0 Å². The summed E-state index contributed by atoms with van der Waals surface area (Å²) in [6, 6.07) is 0.695. The molecule has 1 N–H and O–H groups in total. The van der Waals surface area contributed by atoms with E-state index in [-0.39, 0.29) is 0 Å². The molecule has 4 heteroatoms. The highest BCUT2D eigenvalue weighted by Crippen LogP contribution is 2.23. The number of rotatable bonds is 4. The highest BCUT2D eigenvalue weighted by Gasteiger charge is 2.17. The maximum atomic E-state index is 4.69. The van der Waals surface area contributed by atoms with E-state index in [0.29, 0.717) is 6.04 Å². The predicted molar refractivity (Wildman–Crippen MR) is 57.4 cm³/mol. The van der Waals surface area contributed by atoms with Crippen molar-refractivity contribution in [2.45, 2.75) is 45.1 Å². The van der Waals surface area contributed by atoms with Gasteiger partial charge in [0.1, 0.15) is 0 Å². The fourth-order valence-corrected chi connectivity index (χ4v) is 2.31. The van der Waals surface area contributed by atoms with Crippen molar-refractivity contribution in [3.05, 3.63) is 12.2 Å². The normalized spacial score (nSPS) is 26.7. The molecular formula is C11H19N3O. The van der Waals surface area contributed by atoms with Gasteiger partial charge in [-0.25, -0.2) is 0 Å². The van der Waals surface area contributed by atoms with Gasteiger partial charge in [-0.2, -0.15) is 4.98 Å². The Hall–Kier alpha value is -0.900. The van der Waals surface area contributed by atoms with Crippen LogP contribution in [0.1, 0.15) is 38.4 Å². The Morgan fingerprint density at radius 1 is 1.53 bits per heavy atom. The number of hydrogen-bond donors (Lipinski definition) is 1. The molecule has 1 aromatic rings. The summed E-state index contributed by atoms with van der Waals surface area (Å²) < 4.78 is 4.69. The van der Waals surface area contributed by atoms with Gasteiger partial charge in [0.05, 0.1) is 0 Å². The van der Waals surface area contributed by atoms with E-state index in [1.54, 1.807) is 0 Å². The highest BCUT2D eigenvalue weighted by molar-refractivity contribution is 4.81. The summed E-state index contributed by atoms with van der Waals surface area (Å²) in [5.41, 5.74) is 0.